The van der Waals surface area contributed by atoms with Gasteiger partial charge in [-0.3, -0.25) is 14.5 Å². The van der Waals surface area contributed by atoms with Gasteiger partial charge in [-0.2, -0.15) is 0 Å². The Morgan fingerprint density at radius 1 is 0.848 bits per heavy atom. The normalized spacial score (nSPS) is 14.7. The maximum atomic E-state index is 12.8. The van der Waals surface area contributed by atoms with Crippen LogP contribution in [0.25, 0.3) is 6.08 Å². The first-order valence-corrected chi connectivity index (χ1v) is 11.5. The molecule has 33 heavy (non-hydrogen) atoms. The summed E-state index contributed by atoms with van der Waals surface area (Å²) in [4.78, 5) is 26.9. The van der Waals surface area contributed by atoms with Gasteiger partial charge in [0.1, 0.15) is 24.7 Å². The molecule has 1 fully saturated rings. The second kappa shape index (κ2) is 10.4. The van der Waals surface area contributed by atoms with E-state index in [9.17, 15) is 9.59 Å². The van der Waals surface area contributed by atoms with Gasteiger partial charge in [0.2, 0.25) is 0 Å². The Kier molecular flexibility index (Phi) is 7.15. The van der Waals surface area contributed by atoms with Crippen LogP contribution in [0.15, 0.2) is 77.7 Å². The summed E-state index contributed by atoms with van der Waals surface area (Å²) < 4.78 is 11.7. The van der Waals surface area contributed by atoms with E-state index in [4.69, 9.17) is 9.47 Å². The highest BCUT2D eigenvalue weighted by molar-refractivity contribution is 8.18. The largest absolute Gasteiger partial charge is 0.492 e. The lowest BCUT2D eigenvalue weighted by molar-refractivity contribution is -0.123. The van der Waals surface area contributed by atoms with Crippen molar-refractivity contribution in [3.63, 3.8) is 0 Å². The Bertz CT molecular complexity index is 1170. The lowest BCUT2D eigenvalue weighted by Gasteiger charge is -2.13. The second-order valence-electron chi connectivity index (χ2n) is 7.81. The zero-order valence-electron chi connectivity index (χ0n) is 18.6. The predicted molar refractivity (Wildman–Crippen MR) is 131 cm³/mol. The summed E-state index contributed by atoms with van der Waals surface area (Å²) in [7, 11) is 0. The molecule has 3 aromatic carbocycles. The van der Waals surface area contributed by atoms with Crippen molar-refractivity contribution >= 4 is 29.0 Å². The molecule has 1 aliphatic heterocycles. The Balaban J connectivity index is 1.40. The standard InChI is InChI=1S/C27H25NO4S/c1-19-7-11-21(12-8-19)18-32-24-6-4-3-5-22(24)17-25-26(29)28(27(30)33-25)15-16-31-23-13-9-20(2)10-14-23/h3-14,17H,15-16,18H2,1-2H3/b25-17-. The molecule has 4 rings (SSSR count). The fraction of sp³-hybridized carbons (Fsp3) is 0.185. The number of carbonyl (C=O) groups is 2. The Hall–Kier alpha value is -3.51. The van der Waals surface area contributed by atoms with Crippen LogP contribution in [0.5, 0.6) is 11.5 Å². The number of carbonyl (C=O) groups excluding carboxylic acids is 2. The molecule has 1 heterocycles. The van der Waals surface area contributed by atoms with Crippen LogP contribution in [0.2, 0.25) is 0 Å². The molecule has 0 unspecified atom stereocenters. The van der Waals surface area contributed by atoms with E-state index >= 15 is 0 Å². The molecule has 0 N–H and O–H groups in total. The van der Waals surface area contributed by atoms with E-state index in [1.165, 1.54) is 10.5 Å². The number of hydrogen-bond acceptors (Lipinski definition) is 5. The summed E-state index contributed by atoms with van der Waals surface area (Å²) in [5.41, 5.74) is 4.15. The maximum absolute atomic E-state index is 12.8. The first-order valence-electron chi connectivity index (χ1n) is 10.7. The van der Waals surface area contributed by atoms with Gasteiger partial charge in [0, 0.05) is 5.56 Å². The van der Waals surface area contributed by atoms with Gasteiger partial charge in [-0.05, 0) is 55.4 Å². The van der Waals surface area contributed by atoms with E-state index in [-0.39, 0.29) is 24.3 Å². The minimum atomic E-state index is -0.314. The third kappa shape index (κ3) is 5.84. The number of nitrogens with zero attached hydrogens (tertiary/aromatic N) is 1. The molecule has 1 aliphatic rings. The number of aryl methyl sites for hydroxylation is 2. The summed E-state index contributed by atoms with van der Waals surface area (Å²) in [6.07, 6.45) is 1.72. The number of para-hydroxylation sites is 1. The lowest BCUT2D eigenvalue weighted by Crippen LogP contribution is -2.32. The summed E-state index contributed by atoms with van der Waals surface area (Å²) >= 11 is 0.937. The van der Waals surface area contributed by atoms with Crippen LogP contribution < -0.4 is 9.47 Å². The summed E-state index contributed by atoms with van der Waals surface area (Å²) in [5.74, 6) is 1.06. The summed E-state index contributed by atoms with van der Waals surface area (Å²) in [6, 6.07) is 23.3. The average Bonchev–Trinajstić information content (AvgIpc) is 3.08. The topological polar surface area (TPSA) is 55.8 Å². The molecule has 1 saturated heterocycles. The zero-order valence-corrected chi connectivity index (χ0v) is 19.4. The molecule has 0 atom stereocenters. The van der Waals surface area contributed by atoms with Gasteiger partial charge in [-0.1, -0.05) is 65.7 Å². The van der Waals surface area contributed by atoms with Crippen LogP contribution in [-0.2, 0) is 11.4 Å². The van der Waals surface area contributed by atoms with Gasteiger partial charge in [0.25, 0.3) is 11.1 Å². The lowest BCUT2D eigenvalue weighted by atomic mass is 10.1. The van der Waals surface area contributed by atoms with Gasteiger partial charge >= 0.3 is 0 Å². The van der Waals surface area contributed by atoms with Gasteiger partial charge in [0.15, 0.2) is 0 Å². The van der Waals surface area contributed by atoms with Crippen molar-refractivity contribution in [3.8, 4) is 11.5 Å². The van der Waals surface area contributed by atoms with Gasteiger partial charge in [-0.15, -0.1) is 0 Å². The Morgan fingerprint density at radius 3 is 2.24 bits per heavy atom. The van der Waals surface area contributed by atoms with Crippen LogP contribution in [0.3, 0.4) is 0 Å². The van der Waals surface area contributed by atoms with Crippen molar-refractivity contribution in [2.75, 3.05) is 13.2 Å². The number of ether oxygens (including phenoxy) is 2. The minimum Gasteiger partial charge on any atom is -0.492 e. The molecular weight excluding hydrogens is 434 g/mol. The molecule has 0 bridgehead atoms. The predicted octanol–water partition coefficient (Wildman–Crippen LogP) is 6.00. The van der Waals surface area contributed by atoms with E-state index < -0.39 is 0 Å². The molecule has 0 aliphatic carbocycles. The minimum absolute atomic E-state index is 0.196. The second-order valence-corrected chi connectivity index (χ2v) is 8.80. The Labute approximate surface area is 198 Å². The highest BCUT2D eigenvalue weighted by Crippen LogP contribution is 2.34. The summed E-state index contributed by atoms with van der Waals surface area (Å²) in [6.45, 7) is 4.90. The quantitative estimate of drug-likeness (QED) is 0.387. The number of imide groups is 1. The van der Waals surface area contributed by atoms with E-state index in [0.717, 1.165) is 28.5 Å². The van der Waals surface area contributed by atoms with Crippen molar-refractivity contribution in [3.05, 3.63) is 100.0 Å². The average molecular weight is 460 g/mol. The number of rotatable bonds is 8. The van der Waals surface area contributed by atoms with Crippen molar-refractivity contribution in [1.82, 2.24) is 4.90 Å². The van der Waals surface area contributed by atoms with Crippen LogP contribution in [0.1, 0.15) is 22.3 Å². The first-order chi connectivity index (χ1) is 16.0. The van der Waals surface area contributed by atoms with E-state index in [2.05, 4.69) is 0 Å². The van der Waals surface area contributed by atoms with Crippen LogP contribution >= 0.6 is 11.8 Å². The zero-order chi connectivity index (χ0) is 23.2. The molecule has 0 spiro atoms. The van der Waals surface area contributed by atoms with E-state index in [1.807, 2.05) is 86.6 Å². The third-order valence-electron chi connectivity index (χ3n) is 5.20. The molecule has 168 valence electrons. The van der Waals surface area contributed by atoms with Crippen LogP contribution in [-0.4, -0.2) is 29.2 Å². The van der Waals surface area contributed by atoms with Gasteiger partial charge < -0.3 is 9.47 Å². The van der Waals surface area contributed by atoms with Crippen molar-refractivity contribution in [2.24, 2.45) is 0 Å². The molecule has 0 radical (unpaired) electrons. The van der Waals surface area contributed by atoms with E-state index in [0.29, 0.717) is 23.0 Å². The molecule has 0 saturated carbocycles. The molecular formula is C27H25NO4S. The highest BCUT2D eigenvalue weighted by Gasteiger charge is 2.35. The molecule has 0 aromatic heterocycles. The fourth-order valence-electron chi connectivity index (χ4n) is 3.30. The van der Waals surface area contributed by atoms with Crippen LogP contribution in [0, 0.1) is 13.8 Å². The smallest absolute Gasteiger partial charge is 0.293 e. The highest BCUT2D eigenvalue weighted by atomic mass is 32.2. The summed E-state index contributed by atoms with van der Waals surface area (Å²) in [5, 5.41) is -0.295. The maximum Gasteiger partial charge on any atom is 0.293 e. The third-order valence-corrected chi connectivity index (χ3v) is 6.11. The monoisotopic (exact) mass is 459 g/mol. The van der Waals surface area contributed by atoms with Crippen molar-refractivity contribution < 1.29 is 19.1 Å². The van der Waals surface area contributed by atoms with Crippen molar-refractivity contribution in [1.29, 1.82) is 0 Å². The van der Waals surface area contributed by atoms with Gasteiger partial charge in [0.05, 0.1) is 11.4 Å². The fourth-order valence-corrected chi connectivity index (χ4v) is 4.16. The van der Waals surface area contributed by atoms with Gasteiger partial charge in [-0.25, -0.2) is 0 Å². The van der Waals surface area contributed by atoms with Crippen molar-refractivity contribution in [2.45, 2.75) is 20.5 Å². The number of hydrogen-bond donors (Lipinski definition) is 0. The first kappa shape index (κ1) is 22.7. The molecule has 5 nitrogen and oxygen atoms in total. The molecule has 3 aromatic rings. The Morgan fingerprint density at radius 2 is 1.52 bits per heavy atom. The SMILES string of the molecule is Cc1ccc(COc2ccccc2/C=C2\SC(=O)N(CCOc3ccc(C)cc3)C2=O)cc1. The number of benzene rings is 3. The number of thioether (sulfide) groups is 1. The molecule has 2 amide bonds. The number of amides is 2. The van der Waals surface area contributed by atoms with E-state index in [1.54, 1.807) is 6.08 Å². The van der Waals surface area contributed by atoms with Crippen LogP contribution in [0.4, 0.5) is 4.79 Å². The molecule has 6 heteroatoms.